The van der Waals surface area contributed by atoms with E-state index in [0.29, 0.717) is 19.8 Å². The third-order valence-corrected chi connectivity index (χ3v) is 3.30. The minimum absolute atomic E-state index is 0.167. The lowest BCUT2D eigenvalue weighted by atomic mass is 10.0. The van der Waals surface area contributed by atoms with Crippen molar-refractivity contribution in [2.24, 2.45) is 0 Å². The molecule has 1 aromatic rings. The molecule has 1 aromatic carbocycles. The number of nitrogens with zero attached hydrogens (tertiary/aromatic N) is 1. The number of morpholine rings is 1. The molecule has 0 bridgehead atoms. The van der Waals surface area contributed by atoms with Gasteiger partial charge in [-0.25, -0.2) is 0 Å². The Balaban J connectivity index is 2.15. The zero-order valence-electron chi connectivity index (χ0n) is 11.6. The van der Waals surface area contributed by atoms with Crippen molar-refractivity contribution in [2.75, 3.05) is 32.9 Å². The molecule has 0 N–H and O–H groups in total. The van der Waals surface area contributed by atoms with Crippen LogP contribution < -0.4 is 4.74 Å². The van der Waals surface area contributed by atoms with E-state index in [4.69, 9.17) is 9.47 Å². The van der Waals surface area contributed by atoms with E-state index < -0.39 is 0 Å². The lowest BCUT2D eigenvalue weighted by molar-refractivity contribution is -0.124. The van der Waals surface area contributed by atoms with Crippen LogP contribution in [0.4, 0.5) is 0 Å². The van der Waals surface area contributed by atoms with E-state index >= 15 is 0 Å². The SMILES string of the molecule is CCOc1ccc(C(C(C)=O)N2CCOCC2)cc1. The molecule has 1 saturated heterocycles. The van der Waals surface area contributed by atoms with Gasteiger partial charge in [0.1, 0.15) is 5.75 Å². The largest absolute Gasteiger partial charge is 0.494 e. The van der Waals surface area contributed by atoms with Gasteiger partial charge >= 0.3 is 0 Å². The number of ketones is 1. The summed E-state index contributed by atoms with van der Waals surface area (Å²) >= 11 is 0. The summed E-state index contributed by atoms with van der Waals surface area (Å²) in [6.45, 7) is 7.26. The Labute approximate surface area is 114 Å². The van der Waals surface area contributed by atoms with Crippen LogP contribution in [0.25, 0.3) is 0 Å². The summed E-state index contributed by atoms with van der Waals surface area (Å²) in [4.78, 5) is 14.1. The maximum absolute atomic E-state index is 11.9. The van der Waals surface area contributed by atoms with Gasteiger partial charge in [-0.3, -0.25) is 9.69 Å². The second-order valence-corrected chi connectivity index (χ2v) is 4.66. The normalized spacial score (nSPS) is 18.0. The van der Waals surface area contributed by atoms with E-state index in [1.807, 2.05) is 31.2 Å². The van der Waals surface area contributed by atoms with Crippen molar-refractivity contribution in [3.8, 4) is 5.75 Å². The van der Waals surface area contributed by atoms with Gasteiger partial charge < -0.3 is 9.47 Å². The average Bonchev–Trinajstić information content (AvgIpc) is 2.42. The summed E-state index contributed by atoms with van der Waals surface area (Å²) in [5.74, 6) is 1.02. The number of rotatable bonds is 5. The number of hydrogen-bond acceptors (Lipinski definition) is 4. The summed E-state index contributed by atoms with van der Waals surface area (Å²) < 4.78 is 10.8. The highest BCUT2D eigenvalue weighted by Crippen LogP contribution is 2.24. The van der Waals surface area contributed by atoms with Crippen molar-refractivity contribution in [3.05, 3.63) is 29.8 Å². The van der Waals surface area contributed by atoms with E-state index in [1.165, 1.54) is 0 Å². The quantitative estimate of drug-likeness (QED) is 0.815. The Morgan fingerprint density at radius 3 is 2.47 bits per heavy atom. The van der Waals surface area contributed by atoms with Crippen molar-refractivity contribution >= 4 is 5.78 Å². The Bertz CT molecular complexity index is 410. The fraction of sp³-hybridized carbons (Fsp3) is 0.533. The third-order valence-electron chi connectivity index (χ3n) is 3.30. The molecule has 19 heavy (non-hydrogen) atoms. The summed E-state index contributed by atoms with van der Waals surface area (Å²) in [5, 5.41) is 0. The van der Waals surface area contributed by atoms with Crippen LogP contribution >= 0.6 is 0 Å². The van der Waals surface area contributed by atoms with Crippen LogP contribution in [0.5, 0.6) is 5.75 Å². The van der Waals surface area contributed by atoms with Crippen LogP contribution in [-0.4, -0.2) is 43.6 Å². The highest BCUT2D eigenvalue weighted by Gasteiger charge is 2.26. The zero-order chi connectivity index (χ0) is 13.7. The van der Waals surface area contributed by atoms with Crippen molar-refractivity contribution < 1.29 is 14.3 Å². The second-order valence-electron chi connectivity index (χ2n) is 4.66. The molecule has 4 nitrogen and oxygen atoms in total. The van der Waals surface area contributed by atoms with Gasteiger partial charge in [-0.05, 0) is 31.5 Å². The Kier molecular flexibility index (Phi) is 4.93. The minimum Gasteiger partial charge on any atom is -0.494 e. The number of ether oxygens (including phenoxy) is 2. The van der Waals surface area contributed by atoms with Gasteiger partial charge in [0.15, 0.2) is 5.78 Å². The first-order valence-corrected chi connectivity index (χ1v) is 6.77. The predicted molar refractivity (Wildman–Crippen MR) is 73.4 cm³/mol. The fourth-order valence-corrected chi connectivity index (χ4v) is 2.45. The summed E-state index contributed by atoms with van der Waals surface area (Å²) in [6, 6.07) is 7.64. The number of benzene rings is 1. The first-order chi connectivity index (χ1) is 9.22. The van der Waals surface area contributed by atoms with Crippen LogP contribution in [0.15, 0.2) is 24.3 Å². The molecule has 0 saturated carbocycles. The highest BCUT2D eigenvalue weighted by atomic mass is 16.5. The smallest absolute Gasteiger partial charge is 0.151 e. The minimum atomic E-state index is -0.167. The van der Waals surface area contributed by atoms with Gasteiger partial charge in [-0.1, -0.05) is 12.1 Å². The van der Waals surface area contributed by atoms with Crippen molar-refractivity contribution in [1.82, 2.24) is 4.90 Å². The first-order valence-electron chi connectivity index (χ1n) is 6.77. The van der Waals surface area contributed by atoms with Crippen LogP contribution in [0.2, 0.25) is 0 Å². The molecule has 1 heterocycles. The maximum atomic E-state index is 11.9. The van der Waals surface area contributed by atoms with Crippen LogP contribution in [0, 0.1) is 0 Å². The van der Waals surface area contributed by atoms with Crippen LogP contribution in [0.3, 0.4) is 0 Å². The van der Waals surface area contributed by atoms with Gasteiger partial charge in [0.05, 0.1) is 25.9 Å². The van der Waals surface area contributed by atoms with Crippen molar-refractivity contribution in [1.29, 1.82) is 0 Å². The standard InChI is InChI=1S/C15H21NO3/c1-3-19-14-6-4-13(5-7-14)15(12(2)17)16-8-10-18-11-9-16/h4-7,15H,3,8-11H2,1-2H3. The summed E-state index contributed by atoms with van der Waals surface area (Å²) in [5.41, 5.74) is 1.03. The monoisotopic (exact) mass is 263 g/mol. The summed E-state index contributed by atoms with van der Waals surface area (Å²) in [6.07, 6.45) is 0. The molecule has 0 aromatic heterocycles. The molecule has 1 fully saturated rings. The molecular formula is C15H21NO3. The number of Topliss-reactive ketones (excluding diaryl/α,β-unsaturated/α-hetero) is 1. The van der Waals surface area contributed by atoms with Crippen LogP contribution in [0.1, 0.15) is 25.5 Å². The fourth-order valence-electron chi connectivity index (χ4n) is 2.45. The molecule has 0 spiro atoms. The molecule has 2 rings (SSSR count). The van der Waals surface area contributed by atoms with Gasteiger partial charge in [0.2, 0.25) is 0 Å². The molecule has 1 unspecified atom stereocenters. The molecular weight excluding hydrogens is 242 g/mol. The Morgan fingerprint density at radius 2 is 1.95 bits per heavy atom. The molecule has 1 aliphatic rings. The molecule has 0 amide bonds. The highest BCUT2D eigenvalue weighted by molar-refractivity contribution is 5.83. The number of carbonyl (C=O) groups is 1. The molecule has 0 radical (unpaired) electrons. The van der Waals surface area contributed by atoms with Crippen molar-refractivity contribution in [3.63, 3.8) is 0 Å². The van der Waals surface area contributed by atoms with Gasteiger partial charge in [0.25, 0.3) is 0 Å². The first kappa shape index (κ1) is 14.0. The van der Waals surface area contributed by atoms with E-state index in [9.17, 15) is 4.79 Å². The van der Waals surface area contributed by atoms with Gasteiger partial charge in [-0.15, -0.1) is 0 Å². The topological polar surface area (TPSA) is 38.8 Å². The van der Waals surface area contributed by atoms with Crippen LogP contribution in [-0.2, 0) is 9.53 Å². The maximum Gasteiger partial charge on any atom is 0.151 e. The second kappa shape index (κ2) is 6.68. The summed E-state index contributed by atoms with van der Waals surface area (Å²) in [7, 11) is 0. The van der Waals surface area contributed by atoms with E-state index in [-0.39, 0.29) is 11.8 Å². The van der Waals surface area contributed by atoms with Gasteiger partial charge in [-0.2, -0.15) is 0 Å². The van der Waals surface area contributed by atoms with E-state index in [1.54, 1.807) is 6.92 Å². The molecule has 1 atom stereocenters. The molecule has 0 aliphatic carbocycles. The molecule has 104 valence electrons. The average molecular weight is 263 g/mol. The van der Waals surface area contributed by atoms with E-state index in [2.05, 4.69) is 4.90 Å². The zero-order valence-corrected chi connectivity index (χ0v) is 11.6. The lowest BCUT2D eigenvalue weighted by Gasteiger charge is -2.33. The Morgan fingerprint density at radius 1 is 1.32 bits per heavy atom. The molecule has 4 heteroatoms. The predicted octanol–water partition coefficient (Wildman–Crippen LogP) is 2.05. The Hall–Kier alpha value is -1.39. The van der Waals surface area contributed by atoms with Crippen molar-refractivity contribution in [2.45, 2.75) is 19.9 Å². The lowest BCUT2D eigenvalue weighted by Crippen LogP contribution is -2.41. The number of carbonyl (C=O) groups excluding carboxylic acids is 1. The molecule has 1 aliphatic heterocycles. The number of hydrogen-bond donors (Lipinski definition) is 0. The third kappa shape index (κ3) is 3.55. The van der Waals surface area contributed by atoms with E-state index in [0.717, 1.165) is 24.4 Å². The van der Waals surface area contributed by atoms with Gasteiger partial charge in [0, 0.05) is 13.1 Å².